The van der Waals surface area contributed by atoms with Gasteiger partial charge in [0, 0.05) is 73.2 Å². The van der Waals surface area contributed by atoms with E-state index in [0.29, 0.717) is 49.6 Å². The van der Waals surface area contributed by atoms with E-state index in [1.165, 1.54) is 36.4 Å². The van der Waals surface area contributed by atoms with Crippen molar-refractivity contribution >= 4 is 140 Å². The fraction of sp³-hybridized carbons (Fsp3) is 0.190. The molecule has 0 aliphatic rings. The second kappa shape index (κ2) is 39.5. The first kappa shape index (κ1) is 63.4. The van der Waals surface area contributed by atoms with E-state index in [2.05, 4.69) is 89.8 Å². The number of phenolic OH excluding ortho intramolecular Hbond substituents is 5. The van der Waals surface area contributed by atoms with E-state index < -0.39 is 12.1 Å². The molecule has 0 aliphatic heterocycles. The van der Waals surface area contributed by atoms with E-state index in [1.54, 1.807) is 66.7 Å². The second-order valence-electron chi connectivity index (χ2n) is 12.1. The Labute approximate surface area is 444 Å². The molecule has 0 aromatic heterocycles. The van der Waals surface area contributed by atoms with Gasteiger partial charge in [-0.1, -0.05) is 36.4 Å². The third-order valence-electron chi connectivity index (χ3n) is 7.78. The van der Waals surface area contributed by atoms with Crippen LogP contribution >= 0.6 is 98.4 Å². The van der Waals surface area contributed by atoms with Gasteiger partial charge in [0.1, 0.15) is 5.75 Å². The van der Waals surface area contributed by atoms with Gasteiger partial charge in [0.15, 0.2) is 23.0 Å². The Balaban J connectivity index is 0. The van der Waals surface area contributed by atoms with Crippen molar-refractivity contribution in [3.8, 4) is 28.7 Å². The van der Waals surface area contributed by atoms with Crippen LogP contribution in [0.1, 0.15) is 27.8 Å². The normalized spacial score (nSPS) is 9.11. The molecule has 0 spiro atoms. The van der Waals surface area contributed by atoms with Gasteiger partial charge in [-0.15, -0.1) is 24.0 Å². The number of anilines is 1. The molecule has 0 unspecified atom stereocenters. The zero-order valence-electron chi connectivity index (χ0n) is 34.0. The van der Waals surface area contributed by atoms with Gasteiger partial charge in [-0.3, -0.25) is 10.1 Å². The number of carbonyl (C=O) groups is 2. The molecule has 7 N–H and O–H groups in total. The Bertz CT molecular complexity index is 2150. The number of halogens is 6. The van der Waals surface area contributed by atoms with E-state index in [-0.39, 0.29) is 79.0 Å². The number of aryl methyl sites for hydroxylation is 1. The van der Waals surface area contributed by atoms with Gasteiger partial charge in [0.05, 0.1) is 31.0 Å². The molecule has 0 saturated heterocycles. The number of ether oxygens (including phenoxy) is 2. The molecule has 0 bridgehead atoms. The number of aromatic hydroxyl groups is 5. The summed E-state index contributed by atoms with van der Waals surface area (Å²) >= 11 is 9.54. The van der Waals surface area contributed by atoms with Crippen LogP contribution in [0, 0.1) is 17.7 Å². The molecule has 65 heavy (non-hydrogen) atoms. The summed E-state index contributed by atoms with van der Waals surface area (Å²) in [6.07, 6.45) is 3.68. The number of nitrogens with one attached hydrogen (secondary N) is 1. The molecule has 5 aromatic rings. The topological polar surface area (TPSA) is 292 Å². The molecule has 350 valence electrons. The molecule has 0 atom stereocenters. The molecule has 17 nitrogen and oxygen atoms in total. The van der Waals surface area contributed by atoms with E-state index in [1.807, 2.05) is 19.1 Å². The third-order valence-corrected chi connectivity index (χ3v) is 7.78. The summed E-state index contributed by atoms with van der Waals surface area (Å²) < 4.78 is 10.4. The first-order valence-corrected chi connectivity index (χ1v) is 36.7. The average Bonchev–Trinajstić information content (AvgIpc) is 3.28. The zero-order chi connectivity index (χ0) is 48.3. The number of nitrogens with zero attached hydrogens (tertiary/aromatic N) is 4. The predicted molar refractivity (Wildman–Crippen MR) is 284 cm³/mol. The van der Waals surface area contributed by atoms with Crippen molar-refractivity contribution in [1.29, 1.82) is 10.8 Å². The smallest absolute Gasteiger partial charge is 0.240 e. The fourth-order valence-corrected chi connectivity index (χ4v) is 4.72. The van der Waals surface area contributed by atoms with Crippen LogP contribution in [0.3, 0.4) is 0 Å². The molecule has 0 radical (unpaired) electrons. The van der Waals surface area contributed by atoms with E-state index >= 15 is 0 Å². The summed E-state index contributed by atoms with van der Waals surface area (Å²) in [4.78, 5) is 50.4. The van der Waals surface area contributed by atoms with Crippen molar-refractivity contribution in [2.45, 2.75) is 32.6 Å². The molecule has 0 saturated carbocycles. The van der Waals surface area contributed by atoms with Crippen LogP contribution in [-0.2, 0) is 49.5 Å². The monoisotopic (exact) mass is 1570 g/mol. The van der Waals surface area contributed by atoms with Gasteiger partial charge in [-0.2, -0.15) is 9.98 Å². The number of hydrogen-bond donors (Lipinski definition) is 7. The van der Waals surface area contributed by atoms with Crippen LogP contribution in [0.15, 0.2) is 113 Å². The summed E-state index contributed by atoms with van der Waals surface area (Å²) in [5.41, 5.74) is 5.42. The zero-order valence-corrected chi connectivity index (χ0v) is 47.1. The molecule has 0 aliphatic carbocycles. The number of isocyanates is 2. The molecule has 5 aromatic carbocycles. The standard InChI is InChI=1S/C26H27NO7.C8H4N2O2.C8H10O3.I3.I2.HI.N2/c1-17-2-3-19(14-23(17)29)11-13-34-26(32)27-21-7-4-18(5-8-21)16-25(31)33-12-10-20-6-9-22(28)24(30)15-20;11-5-9-7-1-2-8(4-3-7)10-6-12;9-4-3-6-1-2-7(10)8(11)5-6;1-3-2;1-2;;1-2/h2-9,14-15,28-30H,10-13,16H2,1H3,(H,27,32);1-4H;1-2,5,9-11H,3-4H2;;;1H;/q;;;-1;;;. The number of esters is 1. The number of amides is 1. The Morgan fingerprint density at radius 2 is 1.03 bits per heavy atom. The number of aliphatic hydroxyl groups excluding tert-OH is 1. The minimum atomic E-state index is -0.594. The van der Waals surface area contributed by atoms with E-state index in [9.17, 15) is 34.5 Å². The third kappa shape index (κ3) is 28.9. The summed E-state index contributed by atoms with van der Waals surface area (Å²) in [7, 11) is 0. The summed E-state index contributed by atoms with van der Waals surface area (Å²) in [6.45, 7) is 2.17. The first-order valence-electron chi connectivity index (χ1n) is 17.9. The van der Waals surface area contributed by atoms with E-state index in [0.717, 1.165) is 27.8 Å². The predicted octanol–water partition coefficient (Wildman–Crippen LogP) is 7.68. The van der Waals surface area contributed by atoms with Crippen LogP contribution in [0.5, 0.6) is 28.7 Å². The number of phenols is 5. The number of benzene rings is 5. The van der Waals surface area contributed by atoms with E-state index in [4.69, 9.17) is 35.6 Å². The van der Waals surface area contributed by atoms with Gasteiger partial charge in [0.2, 0.25) is 12.2 Å². The molecule has 0 heterocycles. The molecular weight excluding hydrogens is 1530 g/mol. The number of rotatable bonds is 13. The number of hydrogen-bond acceptors (Lipinski definition) is 16. The minimum absolute atomic E-state index is 0. The van der Waals surface area contributed by atoms with Crippen molar-refractivity contribution in [1.82, 2.24) is 0 Å². The molecule has 0 fully saturated rings. The van der Waals surface area contributed by atoms with Crippen molar-refractivity contribution in [2.75, 3.05) is 25.1 Å². The van der Waals surface area contributed by atoms with Gasteiger partial charge < -0.3 is 40.1 Å². The minimum Gasteiger partial charge on any atom is -0.504 e. The Morgan fingerprint density at radius 1 is 0.631 bits per heavy atom. The maximum Gasteiger partial charge on any atom is 0.240 e. The number of aliphatic imine (C=N–C) groups is 2. The number of aliphatic hydroxyl groups is 1. The Morgan fingerprint density at radius 3 is 1.45 bits per heavy atom. The number of carbonyl (C=O) groups excluding carboxylic acids is 4. The van der Waals surface area contributed by atoms with Crippen LogP contribution in [0.4, 0.5) is 21.9 Å². The first-order chi connectivity index (χ1) is 30.8. The van der Waals surface area contributed by atoms with Crippen LogP contribution in [0.25, 0.3) is 0 Å². The van der Waals surface area contributed by atoms with Gasteiger partial charge in [0.25, 0.3) is 0 Å². The van der Waals surface area contributed by atoms with Crippen LogP contribution < -0.4 is 18.6 Å². The largest absolute Gasteiger partial charge is 0.504 e. The van der Waals surface area contributed by atoms with Crippen molar-refractivity contribution in [2.24, 2.45) is 9.98 Å². The van der Waals surface area contributed by atoms with Crippen LogP contribution in [-0.4, -0.2) is 74.7 Å². The van der Waals surface area contributed by atoms with Gasteiger partial charge >= 0.3 is 62.5 Å². The second-order valence-corrected chi connectivity index (χ2v) is 28.3. The Kier molecular flexibility index (Phi) is 38.6. The molecular formula is C42H42I6N5O12-. The fourth-order valence-electron chi connectivity index (χ4n) is 4.72. The maximum absolute atomic E-state index is 12.0. The van der Waals surface area contributed by atoms with Crippen molar-refractivity contribution in [3.05, 3.63) is 131 Å². The van der Waals surface area contributed by atoms with Crippen molar-refractivity contribution < 1.29 is 72.5 Å². The van der Waals surface area contributed by atoms with Crippen molar-refractivity contribution in [3.63, 3.8) is 0 Å². The Hall–Kier alpha value is -3.64. The maximum atomic E-state index is 12.0. The molecule has 23 heteroatoms. The quantitative estimate of drug-likeness (QED) is 0.0149. The molecule has 5 rings (SSSR count). The summed E-state index contributed by atoms with van der Waals surface area (Å²) in [5, 5.41) is 69.6. The summed E-state index contributed by atoms with van der Waals surface area (Å²) in [6, 6.07) is 27.3. The molecule has 1 amide bonds. The van der Waals surface area contributed by atoms with Gasteiger partial charge in [-0.05, 0) is 108 Å². The summed E-state index contributed by atoms with van der Waals surface area (Å²) in [5.74, 6) is -0.875. The average molecular weight is 1570 g/mol. The SMILES string of the molecule is Cc1ccc(CCOC(=O)Nc2ccc(CC(=O)OCCc3ccc(O)c(O)c3)cc2)cc1O.I.II.I[I-]I.N#N.O=C=Nc1ccc(N=C=O)cc1.OCCc1ccc(O)c(O)c1. The van der Waals surface area contributed by atoms with Gasteiger partial charge in [-0.25, -0.2) is 14.4 Å². The van der Waals surface area contributed by atoms with Crippen LogP contribution in [0.2, 0.25) is 0 Å².